The Labute approximate surface area is 557 Å². The standard InChI is InChI=1S/C35H21N5O.C35H19N5O.2C2H4O2.CH4.2Pd/c2*1-3-11-30-25(8-1)26-17-15-23(21-32(26)39(30)33-13-5-6-18-36-33)41-22-14-16-24-27-9-7-19-37-34(27)40-31-12-4-2-10-29(31)38-35(40)28(24)20-22;2*1-2(3)4;;;/h1-21H;1-19H;2*1H3,(H,3,4);1H4;;/q;-2;;;;;+2. The van der Waals surface area contributed by atoms with Crippen molar-refractivity contribution >= 4 is 133 Å². The van der Waals surface area contributed by atoms with Crippen molar-refractivity contribution in [1.29, 1.82) is 0 Å². The Morgan fingerprint density at radius 1 is 0.387 bits per heavy atom. The molecular formula is C75H52N10O6Pd2. The fraction of sp³-hybridized carbons (Fsp3) is 0.0400. The van der Waals surface area contributed by atoms with Crippen molar-refractivity contribution in [2.24, 2.45) is 0 Å². The second kappa shape index (κ2) is 25.9. The minimum Gasteiger partial charge on any atom is -0.503 e. The van der Waals surface area contributed by atoms with Crippen LogP contribution in [0.15, 0.2) is 243 Å². The molecule has 0 amide bonds. The van der Waals surface area contributed by atoms with E-state index < -0.39 is 11.9 Å². The molecule has 18 heteroatoms. The van der Waals surface area contributed by atoms with E-state index in [1.54, 1.807) is 6.20 Å². The van der Waals surface area contributed by atoms with Gasteiger partial charge in [0.2, 0.25) is 0 Å². The smallest absolute Gasteiger partial charge is 0.503 e. The van der Waals surface area contributed by atoms with Crippen molar-refractivity contribution in [3.8, 4) is 34.6 Å². The molecule has 93 heavy (non-hydrogen) atoms. The third-order valence-electron chi connectivity index (χ3n) is 15.5. The van der Waals surface area contributed by atoms with E-state index >= 15 is 0 Å². The molecule has 0 aliphatic heterocycles. The number of fused-ring (bicyclic) bond motifs is 22. The molecule has 0 fully saturated rings. The number of rotatable bonds is 6. The Hall–Kier alpha value is -11.2. The second-order valence-corrected chi connectivity index (χ2v) is 21.2. The van der Waals surface area contributed by atoms with Gasteiger partial charge in [0.25, 0.3) is 11.9 Å². The number of aliphatic carboxylic acids is 2. The Morgan fingerprint density at radius 2 is 0.828 bits per heavy atom. The number of hydrogen-bond acceptors (Lipinski definition) is 10. The number of ether oxygens (including phenoxy) is 2. The van der Waals surface area contributed by atoms with Gasteiger partial charge < -0.3 is 28.7 Å². The van der Waals surface area contributed by atoms with Gasteiger partial charge in [0, 0.05) is 104 Å². The normalized spacial score (nSPS) is 11.0. The van der Waals surface area contributed by atoms with Crippen LogP contribution in [0.4, 0.5) is 0 Å². The van der Waals surface area contributed by atoms with E-state index in [-0.39, 0.29) is 48.3 Å². The van der Waals surface area contributed by atoms with Crippen LogP contribution in [0.1, 0.15) is 21.3 Å². The van der Waals surface area contributed by atoms with E-state index in [0.29, 0.717) is 11.5 Å². The van der Waals surface area contributed by atoms with Crippen molar-refractivity contribution in [3.63, 3.8) is 0 Å². The molecule has 0 unspecified atom stereocenters. The summed E-state index contributed by atoms with van der Waals surface area (Å²) >= 11 is 0. The summed E-state index contributed by atoms with van der Waals surface area (Å²) in [6.45, 7) is 2.17. The first kappa shape index (κ1) is 62.0. The van der Waals surface area contributed by atoms with Gasteiger partial charge in [0.1, 0.15) is 40.1 Å². The first-order valence-electron chi connectivity index (χ1n) is 28.8. The third-order valence-corrected chi connectivity index (χ3v) is 15.5. The monoisotopic (exact) mass is 1400 g/mol. The van der Waals surface area contributed by atoms with Crippen molar-refractivity contribution in [2.75, 3.05) is 0 Å². The topological polar surface area (TPSA) is 189 Å². The molecule has 10 aromatic heterocycles. The van der Waals surface area contributed by atoms with Crippen molar-refractivity contribution < 1.29 is 70.1 Å². The zero-order chi connectivity index (χ0) is 61.0. The van der Waals surface area contributed by atoms with E-state index in [9.17, 15) is 0 Å². The predicted octanol–water partition coefficient (Wildman–Crippen LogP) is 17.4. The molecule has 0 bridgehead atoms. The van der Waals surface area contributed by atoms with Gasteiger partial charge in [-0.15, -0.1) is 29.7 Å². The van der Waals surface area contributed by atoms with Gasteiger partial charge in [0.15, 0.2) is 0 Å². The summed E-state index contributed by atoms with van der Waals surface area (Å²) in [5, 5.41) is 25.5. The zero-order valence-electron chi connectivity index (χ0n) is 48.7. The van der Waals surface area contributed by atoms with Crippen LogP contribution in [0.5, 0.6) is 23.0 Å². The summed E-state index contributed by atoms with van der Waals surface area (Å²) in [5.74, 6) is 2.72. The van der Waals surface area contributed by atoms with Crippen molar-refractivity contribution in [2.45, 2.75) is 21.3 Å². The minimum atomic E-state index is -0.833. The van der Waals surface area contributed by atoms with Crippen LogP contribution in [0.25, 0.3) is 132 Å². The maximum atomic E-state index is 9.00. The fourth-order valence-corrected chi connectivity index (χ4v) is 12.0. The zero-order valence-corrected chi connectivity index (χ0v) is 51.8. The average Bonchev–Trinajstić information content (AvgIpc) is 1.70. The van der Waals surface area contributed by atoms with Gasteiger partial charge in [-0.05, 0) is 125 Å². The number of nitrogens with zero attached hydrogens (tertiary/aromatic N) is 10. The molecule has 0 spiro atoms. The van der Waals surface area contributed by atoms with E-state index in [0.717, 1.165) is 152 Å². The fourth-order valence-electron chi connectivity index (χ4n) is 12.0. The van der Waals surface area contributed by atoms with E-state index in [1.165, 1.54) is 5.39 Å². The largest absolute Gasteiger partial charge is 2.00 e. The molecule has 2 N–H and O–H groups in total. The van der Waals surface area contributed by atoms with Crippen LogP contribution < -0.4 is 9.47 Å². The van der Waals surface area contributed by atoms with E-state index in [2.05, 4.69) is 143 Å². The molecule has 0 aliphatic carbocycles. The van der Waals surface area contributed by atoms with Gasteiger partial charge in [-0.2, -0.15) is 6.07 Å². The molecule has 10 heterocycles. The molecular weight excluding hydrogens is 1350 g/mol. The molecule has 0 atom stereocenters. The SMILES string of the molecule is C.CC(=O)O.CC(=O)O.[Pd+2].[Pd].[c-]1c(Oc2[c-]c3c(cc2)c2ccccc2n3-c2ccccn2)ccc2c1c1nc3ccccc3n1c1ncccc21.c1ccc(-n2c3ccccc3c3ccc(Oc4ccc5c6cccnc6n6c7ccccc7nc6c5c4)cc32)nc1. The number of benzene rings is 8. The molecule has 18 rings (SSSR count). The number of para-hydroxylation sites is 6. The molecule has 458 valence electrons. The van der Waals surface area contributed by atoms with Crippen LogP contribution in [-0.2, 0) is 50.4 Å². The number of imidazole rings is 2. The van der Waals surface area contributed by atoms with Gasteiger partial charge >= 0.3 is 20.4 Å². The Morgan fingerprint density at radius 3 is 1.44 bits per heavy atom. The second-order valence-electron chi connectivity index (χ2n) is 21.2. The number of carboxylic acids is 2. The summed E-state index contributed by atoms with van der Waals surface area (Å²) in [7, 11) is 0. The van der Waals surface area contributed by atoms with Crippen LogP contribution in [-0.4, -0.2) is 70.0 Å². The summed E-state index contributed by atoms with van der Waals surface area (Å²) in [6, 6.07) is 80.6. The third kappa shape index (κ3) is 11.3. The molecule has 0 saturated carbocycles. The molecule has 16 nitrogen and oxygen atoms in total. The van der Waals surface area contributed by atoms with Gasteiger partial charge in [-0.3, -0.25) is 23.5 Å². The predicted molar refractivity (Wildman–Crippen MR) is 359 cm³/mol. The van der Waals surface area contributed by atoms with E-state index in [4.69, 9.17) is 49.2 Å². The Balaban J connectivity index is 0.000000156. The number of aromatic nitrogens is 10. The maximum absolute atomic E-state index is 9.00. The number of hydrogen-bond donors (Lipinski definition) is 2. The minimum absolute atomic E-state index is 0. The first-order chi connectivity index (χ1) is 44.1. The number of carboxylic acid groups (broad SMARTS) is 2. The van der Waals surface area contributed by atoms with Crippen molar-refractivity contribution in [3.05, 3.63) is 255 Å². The van der Waals surface area contributed by atoms with E-state index in [1.807, 2.05) is 134 Å². The maximum Gasteiger partial charge on any atom is 2.00 e. The van der Waals surface area contributed by atoms with Gasteiger partial charge in [0.05, 0.1) is 38.7 Å². The summed E-state index contributed by atoms with van der Waals surface area (Å²) in [6.07, 6.45) is 7.28. The average molecular weight is 1400 g/mol. The Bertz CT molecular complexity index is 5510. The van der Waals surface area contributed by atoms with Crippen LogP contribution in [0.3, 0.4) is 0 Å². The molecule has 0 radical (unpaired) electrons. The van der Waals surface area contributed by atoms with Gasteiger partial charge in [-0.1, -0.05) is 109 Å². The van der Waals surface area contributed by atoms with Crippen LogP contribution in [0.2, 0.25) is 0 Å². The summed E-state index contributed by atoms with van der Waals surface area (Å²) < 4.78 is 21.5. The first-order valence-corrected chi connectivity index (χ1v) is 28.8. The Kier molecular flexibility index (Phi) is 17.3. The molecule has 8 aromatic carbocycles. The summed E-state index contributed by atoms with van der Waals surface area (Å²) in [4.78, 5) is 46.7. The number of carbonyl (C=O) groups is 2. The molecule has 18 aromatic rings. The van der Waals surface area contributed by atoms with Crippen molar-refractivity contribution in [1.82, 2.24) is 47.8 Å². The summed E-state index contributed by atoms with van der Waals surface area (Å²) in [5.41, 5.74) is 11.4. The van der Waals surface area contributed by atoms with Crippen LogP contribution in [0, 0.1) is 12.1 Å². The van der Waals surface area contributed by atoms with Crippen LogP contribution >= 0.6 is 0 Å². The number of pyridine rings is 6. The molecule has 0 saturated heterocycles. The quantitative estimate of drug-likeness (QED) is 0.0912. The van der Waals surface area contributed by atoms with Gasteiger partial charge in [-0.25, -0.2) is 24.9 Å². The molecule has 0 aliphatic rings.